The van der Waals surface area contributed by atoms with Gasteiger partial charge in [0.25, 0.3) is 11.8 Å². The number of imide groups is 1. The van der Waals surface area contributed by atoms with Gasteiger partial charge in [-0.05, 0) is 43.9 Å². The number of nitrogens with one attached hydrogen (secondary N) is 2. The molecule has 0 atom stereocenters. The van der Waals surface area contributed by atoms with E-state index in [9.17, 15) is 29.1 Å². The predicted molar refractivity (Wildman–Crippen MR) is 153 cm³/mol. The summed E-state index contributed by atoms with van der Waals surface area (Å²) in [5.74, 6) is -0.526. The normalized spacial score (nSPS) is 12.9. The van der Waals surface area contributed by atoms with Gasteiger partial charge < -0.3 is 25.1 Å². The Labute approximate surface area is 234 Å². The number of anilines is 1. The predicted octanol–water partition coefficient (Wildman–Crippen LogP) is 1.75. The Bertz CT molecular complexity index is 1290. The van der Waals surface area contributed by atoms with Gasteiger partial charge in [0.2, 0.25) is 11.8 Å². The summed E-state index contributed by atoms with van der Waals surface area (Å²) in [5.41, 5.74) is 0.770. The summed E-state index contributed by atoms with van der Waals surface area (Å²) in [6.45, 7) is 8.24. The molecule has 0 fully saturated rings. The number of carbonyl (C=O) groups is 4. The monoisotopic (exact) mass is 556 g/mol. The summed E-state index contributed by atoms with van der Waals surface area (Å²) in [6.07, 6.45) is 3.58. The maximum atomic E-state index is 12.2. The second-order valence-corrected chi connectivity index (χ2v) is 10.9. The van der Waals surface area contributed by atoms with E-state index in [0.717, 1.165) is 22.4 Å². The number of hydrogen-bond donors (Lipinski definition) is 3. The Balaban J connectivity index is 0.000000294. The number of benzene rings is 1. The summed E-state index contributed by atoms with van der Waals surface area (Å²) >= 11 is 0. The van der Waals surface area contributed by atoms with Crippen molar-refractivity contribution < 1.29 is 28.7 Å². The lowest BCUT2D eigenvalue weighted by Gasteiger charge is -2.23. The Morgan fingerprint density at radius 3 is 2.27 bits per heavy atom. The van der Waals surface area contributed by atoms with Gasteiger partial charge in [0.1, 0.15) is 5.58 Å². The van der Waals surface area contributed by atoms with Gasteiger partial charge in [-0.2, -0.15) is 0 Å². The number of rotatable bonds is 11. The van der Waals surface area contributed by atoms with Crippen molar-refractivity contribution in [1.29, 1.82) is 0 Å². The Morgan fingerprint density at radius 2 is 1.70 bits per heavy atom. The van der Waals surface area contributed by atoms with E-state index >= 15 is 0 Å². The van der Waals surface area contributed by atoms with E-state index in [1.807, 2.05) is 31.1 Å². The lowest BCUT2D eigenvalue weighted by Crippen LogP contribution is -2.46. The average Bonchev–Trinajstić information content (AvgIpc) is 3.18. The van der Waals surface area contributed by atoms with E-state index in [1.54, 1.807) is 19.9 Å². The second-order valence-electron chi connectivity index (χ2n) is 10.9. The van der Waals surface area contributed by atoms with E-state index in [0.29, 0.717) is 23.6 Å². The zero-order chi connectivity index (χ0) is 30.0. The molecule has 3 rings (SSSR count). The zero-order valence-corrected chi connectivity index (χ0v) is 24.1. The smallest absolute Gasteiger partial charge is 0.336 e. The van der Waals surface area contributed by atoms with Crippen LogP contribution in [0.3, 0.4) is 0 Å². The standard InChI is InChI=1S/C17H22N2O4.C12H18N2O3/c1-17(2,10-20)18-15(21)7-11-8-16(22)23-14-9-12(19(3)4)5-6-13(11)14;1-9(2)5-7-13-10(15)6-8-14-11(16)3-4-12(14)17/h5-6,8-9,20H,7,10H2,1-4H3,(H,18,21);3-4,9H,5-8H2,1-2H3,(H,13,15). The van der Waals surface area contributed by atoms with E-state index in [1.165, 1.54) is 18.2 Å². The van der Waals surface area contributed by atoms with Crippen LogP contribution in [0.15, 0.2) is 45.6 Å². The zero-order valence-electron chi connectivity index (χ0n) is 24.1. The number of nitrogens with zero attached hydrogens (tertiary/aromatic N) is 2. The Hall–Kier alpha value is -3.99. The van der Waals surface area contributed by atoms with Crippen molar-refractivity contribution in [3.8, 4) is 0 Å². The van der Waals surface area contributed by atoms with Crippen LogP contribution in [0.5, 0.6) is 0 Å². The van der Waals surface area contributed by atoms with Gasteiger partial charge in [0, 0.05) is 69.0 Å². The van der Waals surface area contributed by atoms with Crippen molar-refractivity contribution in [2.75, 3.05) is 38.7 Å². The largest absolute Gasteiger partial charge is 0.423 e. The van der Waals surface area contributed by atoms with Gasteiger partial charge in [-0.25, -0.2) is 4.79 Å². The third-order valence-corrected chi connectivity index (χ3v) is 6.06. The van der Waals surface area contributed by atoms with E-state index in [4.69, 9.17) is 4.42 Å². The number of hydrogen-bond acceptors (Lipinski definition) is 8. The first-order chi connectivity index (χ1) is 18.7. The number of amides is 4. The van der Waals surface area contributed by atoms with Gasteiger partial charge in [0.05, 0.1) is 18.6 Å². The van der Waals surface area contributed by atoms with Gasteiger partial charge in [-0.1, -0.05) is 13.8 Å². The highest BCUT2D eigenvalue weighted by atomic mass is 16.4. The molecule has 11 heteroatoms. The van der Waals surface area contributed by atoms with Crippen LogP contribution in [-0.2, 0) is 25.6 Å². The molecule has 40 heavy (non-hydrogen) atoms. The van der Waals surface area contributed by atoms with Crippen LogP contribution in [0.1, 0.15) is 46.1 Å². The fraction of sp³-hybridized carbons (Fsp3) is 0.483. The van der Waals surface area contributed by atoms with Crippen LogP contribution in [-0.4, -0.2) is 73.0 Å². The molecule has 1 aromatic carbocycles. The fourth-order valence-corrected chi connectivity index (χ4v) is 3.73. The Kier molecular flexibility index (Phi) is 11.6. The first-order valence-electron chi connectivity index (χ1n) is 13.2. The average molecular weight is 557 g/mol. The lowest BCUT2D eigenvalue weighted by molar-refractivity contribution is -0.137. The van der Waals surface area contributed by atoms with E-state index in [2.05, 4.69) is 24.5 Å². The molecule has 0 unspecified atom stereocenters. The maximum Gasteiger partial charge on any atom is 0.336 e. The summed E-state index contributed by atoms with van der Waals surface area (Å²) in [5, 5.41) is 15.4. The molecular weight excluding hydrogens is 516 g/mol. The van der Waals surface area contributed by atoms with Gasteiger partial charge in [-0.15, -0.1) is 0 Å². The van der Waals surface area contributed by atoms with E-state index < -0.39 is 11.2 Å². The van der Waals surface area contributed by atoms with Crippen LogP contribution in [0.4, 0.5) is 5.69 Å². The third-order valence-electron chi connectivity index (χ3n) is 6.06. The molecule has 3 N–H and O–H groups in total. The van der Waals surface area contributed by atoms with Crippen LogP contribution in [0, 0.1) is 5.92 Å². The minimum Gasteiger partial charge on any atom is -0.423 e. The van der Waals surface area contributed by atoms with Crippen molar-refractivity contribution in [3.05, 3.63) is 52.4 Å². The summed E-state index contributed by atoms with van der Waals surface area (Å²) in [4.78, 5) is 60.7. The van der Waals surface area contributed by atoms with Crippen molar-refractivity contribution in [2.24, 2.45) is 5.92 Å². The third kappa shape index (κ3) is 9.96. The quantitative estimate of drug-likeness (QED) is 0.280. The molecule has 4 amide bonds. The number of carbonyl (C=O) groups excluding carboxylic acids is 4. The molecule has 0 bridgehead atoms. The molecule has 1 aliphatic rings. The molecule has 11 nitrogen and oxygen atoms in total. The molecule has 0 saturated heterocycles. The van der Waals surface area contributed by atoms with Gasteiger partial charge in [-0.3, -0.25) is 24.1 Å². The van der Waals surface area contributed by atoms with Crippen LogP contribution in [0.2, 0.25) is 0 Å². The molecular formula is C29H40N4O7. The van der Waals surface area contributed by atoms with Crippen LogP contribution >= 0.6 is 0 Å². The van der Waals surface area contributed by atoms with Crippen LogP contribution < -0.4 is 21.2 Å². The van der Waals surface area contributed by atoms with Crippen molar-refractivity contribution in [1.82, 2.24) is 15.5 Å². The number of aliphatic hydroxyl groups is 1. The number of aliphatic hydroxyl groups excluding tert-OH is 1. The molecule has 0 saturated carbocycles. The lowest BCUT2D eigenvalue weighted by atomic mass is 10.0. The second kappa shape index (κ2) is 14.4. The van der Waals surface area contributed by atoms with Gasteiger partial charge in [0.15, 0.2) is 0 Å². The minimum absolute atomic E-state index is 0.0485. The van der Waals surface area contributed by atoms with Crippen molar-refractivity contribution >= 4 is 40.3 Å². The summed E-state index contributed by atoms with van der Waals surface area (Å²) in [7, 11) is 3.79. The Morgan fingerprint density at radius 1 is 1.05 bits per heavy atom. The molecule has 0 radical (unpaired) electrons. The molecule has 0 aliphatic carbocycles. The fourth-order valence-electron chi connectivity index (χ4n) is 3.73. The summed E-state index contributed by atoms with van der Waals surface area (Å²) < 4.78 is 5.24. The molecule has 2 heterocycles. The topological polar surface area (TPSA) is 149 Å². The molecule has 218 valence electrons. The van der Waals surface area contributed by atoms with Crippen LogP contribution in [0.25, 0.3) is 11.0 Å². The SMILES string of the molecule is CC(C)CCNC(=O)CCN1C(=O)C=CC1=O.CN(C)c1ccc2c(CC(=O)NC(C)(C)CO)cc(=O)oc2c1. The highest BCUT2D eigenvalue weighted by molar-refractivity contribution is 6.13. The molecule has 2 aromatic rings. The molecule has 1 aliphatic heterocycles. The first kappa shape index (κ1) is 32.2. The number of fused-ring (bicyclic) bond motifs is 1. The molecule has 0 spiro atoms. The van der Waals surface area contributed by atoms with Crippen molar-refractivity contribution in [3.63, 3.8) is 0 Å². The van der Waals surface area contributed by atoms with Crippen molar-refractivity contribution in [2.45, 2.75) is 52.5 Å². The maximum absolute atomic E-state index is 12.2. The van der Waals surface area contributed by atoms with Gasteiger partial charge >= 0.3 is 5.63 Å². The molecule has 1 aromatic heterocycles. The highest BCUT2D eigenvalue weighted by Gasteiger charge is 2.23. The van der Waals surface area contributed by atoms with E-state index in [-0.39, 0.29) is 49.6 Å². The summed E-state index contributed by atoms with van der Waals surface area (Å²) in [6, 6.07) is 6.85. The minimum atomic E-state index is -0.704. The first-order valence-corrected chi connectivity index (χ1v) is 13.2. The highest BCUT2D eigenvalue weighted by Crippen LogP contribution is 2.23.